The zero-order valence-corrected chi connectivity index (χ0v) is 9.98. The van der Waals surface area contributed by atoms with Crippen molar-refractivity contribution in [3.8, 4) is 0 Å². The molecule has 0 radical (unpaired) electrons. The second-order valence-electron chi connectivity index (χ2n) is 3.33. The van der Waals surface area contributed by atoms with Gasteiger partial charge in [-0.3, -0.25) is 4.79 Å². The normalized spacial score (nSPS) is 12.5. The van der Waals surface area contributed by atoms with Crippen LogP contribution >= 0.6 is 23.2 Å². The Bertz CT molecular complexity index is 362. The third-order valence-electron chi connectivity index (χ3n) is 2.35. The fraction of sp³-hybridized carbons (Fsp3) is 0.364. The molecule has 0 amide bonds. The molecule has 0 saturated heterocycles. The highest BCUT2D eigenvalue weighted by atomic mass is 35.5. The van der Waals surface area contributed by atoms with Crippen molar-refractivity contribution in [2.45, 2.75) is 13.3 Å². The van der Waals surface area contributed by atoms with Gasteiger partial charge >= 0.3 is 0 Å². The fourth-order valence-electron chi connectivity index (χ4n) is 1.34. The Hall–Kier alpha value is -0.570. The van der Waals surface area contributed by atoms with E-state index in [9.17, 15) is 4.79 Å². The number of Topliss-reactive ketones (excluding diaryl/α,β-unsaturated/α-hetero) is 1. The average Bonchev–Trinajstić information content (AvgIpc) is 2.23. The molecule has 1 aromatic rings. The first-order valence-corrected chi connectivity index (χ1v) is 5.55. The molecule has 0 spiro atoms. The van der Waals surface area contributed by atoms with Gasteiger partial charge in [-0.15, -0.1) is 0 Å². The van der Waals surface area contributed by atoms with Crippen LogP contribution in [0.4, 0.5) is 0 Å². The number of ketones is 1. The number of nitrogens with two attached hydrogens (primary N) is 1. The highest BCUT2D eigenvalue weighted by Gasteiger charge is 2.17. The summed E-state index contributed by atoms with van der Waals surface area (Å²) in [5.41, 5.74) is 6.08. The number of halogens is 2. The van der Waals surface area contributed by atoms with Crippen LogP contribution in [0.2, 0.25) is 10.0 Å². The van der Waals surface area contributed by atoms with Crippen LogP contribution in [0.3, 0.4) is 0 Å². The van der Waals surface area contributed by atoms with Crippen LogP contribution in [0.1, 0.15) is 23.7 Å². The zero-order valence-electron chi connectivity index (χ0n) is 8.47. The molecule has 0 aromatic heterocycles. The summed E-state index contributed by atoms with van der Waals surface area (Å²) in [4.78, 5) is 11.9. The third-order valence-corrected chi connectivity index (χ3v) is 3.09. The van der Waals surface area contributed by atoms with Crippen LogP contribution in [0.15, 0.2) is 18.2 Å². The topological polar surface area (TPSA) is 43.1 Å². The summed E-state index contributed by atoms with van der Waals surface area (Å²) in [6.07, 6.45) is 0.732. The molecular weight excluding hydrogens is 233 g/mol. The minimum Gasteiger partial charge on any atom is -0.330 e. The van der Waals surface area contributed by atoms with Gasteiger partial charge < -0.3 is 5.73 Å². The van der Waals surface area contributed by atoms with Crippen molar-refractivity contribution < 1.29 is 4.79 Å². The highest BCUT2D eigenvalue weighted by Crippen LogP contribution is 2.24. The lowest BCUT2D eigenvalue weighted by Gasteiger charge is -2.11. The van der Waals surface area contributed by atoms with Crippen LogP contribution in [-0.2, 0) is 0 Å². The SMILES string of the molecule is CCC(CN)C(=O)c1ccc(Cl)c(Cl)c1. The number of benzene rings is 1. The maximum atomic E-state index is 11.9. The van der Waals surface area contributed by atoms with Gasteiger partial charge in [0.1, 0.15) is 0 Å². The summed E-state index contributed by atoms with van der Waals surface area (Å²) < 4.78 is 0. The van der Waals surface area contributed by atoms with E-state index in [1.807, 2.05) is 6.92 Å². The molecular formula is C11H13Cl2NO. The summed E-state index contributed by atoms with van der Waals surface area (Å²) in [6.45, 7) is 2.29. The average molecular weight is 246 g/mol. The van der Waals surface area contributed by atoms with Gasteiger partial charge in [-0.05, 0) is 24.6 Å². The lowest BCUT2D eigenvalue weighted by Crippen LogP contribution is -2.23. The predicted molar refractivity (Wildman–Crippen MR) is 63.6 cm³/mol. The van der Waals surface area contributed by atoms with E-state index in [2.05, 4.69) is 0 Å². The largest absolute Gasteiger partial charge is 0.330 e. The second-order valence-corrected chi connectivity index (χ2v) is 4.15. The molecule has 82 valence electrons. The summed E-state index contributed by atoms with van der Waals surface area (Å²) in [7, 11) is 0. The van der Waals surface area contributed by atoms with Crippen molar-refractivity contribution >= 4 is 29.0 Å². The summed E-state index contributed by atoms with van der Waals surface area (Å²) in [6, 6.07) is 4.89. The molecule has 2 N–H and O–H groups in total. The quantitative estimate of drug-likeness (QED) is 0.829. The molecule has 1 aromatic carbocycles. The van der Waals surface area contributed by atoms with Gasteiger partial charge in [-0.2, -0.15) is 0 Å². The molecule has 1 unspecified atom stereocenters. The standard InChI is InChI=1S/C11H13Cl2NO/c1-2-7(6-14)11(15)8-3-4-9(12)10(13)5-8/h3-5,7H,2,6,14H2,1H3. The minimum atomic E-state index is -0.137. The first-order chi connectivity index (χ1) is 7.10. The van der Waals surface area contributed by atoms with Crippen LogP contribution in [0.25, 0.3) is 0 Å². The number of carbonyl (C=O) groups is 1. The summed E-state index contributed by atoms with van der Waals surface area (Å²) in [5.74, 6) is -0.110. The molecule has 2 nitrogen and oxygen atoms in total. The molecule has 1 atom stereocenters. The second kappa shape index (κ2) is 5.50. The van der Waals surface area contributed by atoms with Gasteiger partial charge in [0.15, 0.2) is 5.78 Å². The predicted octanol–water partition coefficient (Wildman–Crippen LogP) is 3.16. The number of carbonyl (C=O) groups excluding carboxylic acids is 1. The Morgan fingerprint density at radius 2 is 2.07 bits per heavy atom. The summed E-state index contributed by atoms with van der Waals surface area (Å²) in [5, 5.41) is 0.850. The lowest BCUT2D eigenvalue weighted by atomic mass is 9.95. The van der Waals surface area contributed by atoms with Crippen molar-refractivity contribution in [2.24, 2.45) is 11.7 Å². The van der Waals surface area contributed by atoms with E-state index in [0.717, 1.165) is 6.42 Å². The lowest BCUT2D eigenvalue weighted by molar-refractivity contribution is 0.0921. The Balaban J connectivity index is 2.96. The molecule has 0 aliphatic carbocycles. The Morgan fingerprint density at radius 1 is 1.40 bits per heavy atom. The molecule has 0 bridgehead atoms. The Kier molecular flexibility index (Phi) is 4.58. The van der Waals surface area contributed by atoms with Crippen LogP contribution in [0, 0.1) is 5.92 Å². The maximum Gasteiger partial charge on any atom is 0.167 e. The molecule has 0 aliphatic heterocycles. The number of rotatable bonds is 4. The minimum absolute atomic E-state index is 0.0265. The van der Waals surface area contributed by atoms with Gasteiger partial charge in [-0.25, -0.2) is 0 Å². The molecule has 0 fully saturated rings. The Morgan fingerprint density at radius 3 is 2.53 bits per heavy atom. The van der Waals surface area contributed by atoms with Crippen molar-refractivity contribution in [1.82, 2.24) is 0 Å². The van der Waals surface area contributed by atoms with Gasteiger partial charge in [-0.1, -0.05) is 30.1 Å². The zero-order chi connectivity index (χ0) is 11.4. The number of hydrogen-bond donors (Lipinski definition) is 1. The van der Waals surface area contributed by atoms with E-state index in [0.29, 0.717) is 22.2 Å². The van der Waals surface area contributed by atoms with Crippen molar-refractivity contribution in [1.29, 1.82) is 0 Å². The summed E-state index contributed by atoms with van der Waals surface area (Å²) >= 11 is 11.6. The Labute approximate surface area is 99.4 Å². The van der Waals surface area contributed by atoms with Gasteiger partial charge in [0.2, 0.25) is 0 Å². The maximum absolute atomic E-state index is 11.9. The monoisotopic (exact) mass is 245 g/mol. The van der Waals surface area contributed by atoms with E-state index in [1.165, 1.54) is 0 Å². The molecule has 0 saturated carbocycles. The molecule has 0 heterocycles. The first kappa shape index (κ1) is 12.5. The number of hydrogen-bond acceptors (Lipinski definition) is 2. The van der Waals surface area contributed by atoms with E-state index in [1.54, 1.807) is 18.2 Å². The molecule has 1 rings (SSSR count). The molecule has 15 heavy (non-hydrogen) atoms. The molecule has 0 aliphatic rings. The van der Waals surface area contributed by atoms with E-state index in [4.69, 9.17) is 28.9 Å². The van der Waals surface area contributed by atoms with Crippen molar-refractivity contribution in [3.63, 3.8) is 0 Å². The van der Waals surface area contributed by atoms with Crippen LogP contribution in [0.5, 0.6) is 0 Å². The van der Waals surface area contributed by atoms with Gasteiger partial charge in [0.25, 0.3) is 0 Å². The van der Waals surface area contributed by atoms with Gasteiger partial charge in [0.05, 0.1) is 10.0 Å². The van der Waals surface area contributed by atoms with Crippen LogP contribution < -0.4 is 5.73 Å². The first-order valence-electron chi connectivity index (χ1n) is 4.79. The van der Waals surface area contributed by atoms with E-state index < -0.39 is 0 Å². The third kappa shape index (κ3) is 2.94. The fourth-order valence-corrected chi connectivity index (χ4v) is 1.64. The van der Waals surface area contributed by atoms with E-state index in [-0.39, 0.29) is 11.7 Å². The smallest absolute Gasteiger partial charge is 0.167 e. The van der Waals surface area contributed by atoms with Gasteiger partial charge in [0, 0.05) is 18.0 Å². The molecule has 4 heteroatoms. The highest BCUT2D eigenvalue weighted by molar-refractivity contribution is 6.42. The van der Waals surface area contributed by atoms with E-state index >= 15 is 0 Å². The van der Waals surface area contributed by atoms with Crippen LogP contribution in [-0.4, -0.2) is 12.3 Å². The van der Waals surface area contributed by atoms with Crippen molar-refractivity contribution in [3.05, 3.63) is 33.8 Å². The van der Waals surface area contributed by atoms with Crippen molar-refractivity contribution in [2.75, 3.05) is 6.54 Å².